The van der Waals surface area contributed by atoms with Gasteiger partial charge in [-0.15, -0.1) is 0 Å². The van der Waals surface area contributed by atoms with E-state index in [1.165, 1.54) is 43.6 Å². The number of hydrogen-bond donors (Lipinski definition) is 0. The lowest BCUT2D eigenvalue weighted by atomic mass is 9.97. The van der Waals surface area contributed by atoms with E-state index >= 15 is 0 Å². The van der Waals surface area contributed by atoms with Gasteiger partial charge in [0.05, 0.1) is 22.1 Å². The van der Waals surface area contributed by atoms with E-state index in [4.69, 9.17) is 0 Å². The molecule has 0 aliphatic heterocycles. The Morgan fingerprint density at radius 2 is 0.507 bits per heavy atom. The smallest absolute Gasteiger partial charge is 0.0541 e. The van der Waals surface area contributed by atoms with Gasteiger partial charge in [0.2, 0.25) is 0 Å². The molecule has 0 aliphatic rings. The molecule has 0 radical (unpaired) electrons. The number of hydrogen-bond acceptors (Lipinski definition) is 1. The first-order valence-corrected chi connectivity index (χ1v) is 25.4. The van der Waals surface area contributed by atoms with Crippen LogP contribution >= 0.6 is 31.9 Å². The minimum absolute atomic E-state index is 1.05. The van der Waals surface area contributed by atoms with Crippen LogP contribution in [0.25, 0.3) is 99.5 Å². The summed E-state index contributed by atoms with van der Waals surface area (Å²) in [6.45, 7) is 0. The molecule has 2 heterocycles. The van der Waals surface area contributed by atoms with Crippen molar-refractivity contribution in [1.82, 2.24) is 9.13 Å². The van der Waals surface area contributed by atoms with Crippen LogP contribution in [0.15, 0.2) is 270 Å². The zero-order valence-electron chi connectivity index (χ0n) is 38.4. The van der Waals surface area contributed by atoms with Gasteiger partial charge in [0.25, 0.3) is 0 Å². The number of benzene rings is 11. The molecule has 336 valence electrons. The largest absolute Gasteiger partial charge is 0.310 e. The van der Waals surface area contributed by atoms with Crippen LogP contribution in [0.3, 0.4) is 0 Å². The van der Waals surface area contributed by atoms with Crippen LogP contribution in [0.2, 0.25) is 0 Å². The summed E-state index contributed by atoms with van der Waals surface area (Å²) in [4.78, 5) is 2.38. The molecule has 13 rings (SSSR count). The van der Waals surface area contributed by atoms with Crippen molar-refractivity contribution in [2.75, 3.05) is 4.90 Å². The van der Waals surface area contributed by atoms with Crippen molar-refractivity contribution in [1.29, 1.82) is 0 Å². The standard InChI is InChI=1S/C66H43Br2N3/c67-52-29-17-48(18-30-52)50-41-51(49-19-31-53(68)32-20-49)43-58(42-50)69(54-33-21-44(22-34-54)46-25-37-56(38-26-46)70-63-13-5-1-9-59(63)60-10-2-6-14-64(60)70)55-35-23-45(24-36-55)47-27-39-57(40-28-47)71-65-15-7-3-11-61(65)62-12-4-8-16-66(62)71/h1-43H. The van der Waals surface area contributed by atoms with Crippen LogP contribution in [-0.2, 0) is 0 Å². The quantitative estimate of drug-likeness (QED) is 0.140. The van der Waals surface area contributed by atoms with Crippen molar-refractivity contribution in [2.24, 2.45) is 0 Å². The second-order valence-electron chi connectivity index (χ2n) is 18.0. The lowest BCUT2D eigenvalue weighted by molar-refractivity contribution is 1.18. The Hall–Kier alpha value is -8.22. The van der Waals surface area contributed by atoms with E-state index < -0.39 is 0 Å². The van der Waals surface area contributed by atoms with E-state index in [0.29, 0.717) is 0 Å². The van der Waals surface area contributed by atoms with E-state index in [1.54, 1.807) is 0 Å². The molecule has 0 aliphatic carbocycles. The van der Waals surface area contributed by atoms with Crippen LogP contribution < -0.4 is 4.90 Å². The molecule has 11 aromatic carbocycles. The highest BCUT2D eigenvalue weighted by Crippen LogP contribution is 2.42. The summed E-state index contributed by atoms with van der Waals surface area (Å²) in [6.07, 6.45) is 0. The molecule has 0 N–H and O–H groups in total. The molecule has 0 unspecified atom stereocenters. The lowest BCUT2D eigenvalue weighted by Crippen LogP contribution is -2.10. The molecule has 3 nitrogen and oxygen atoms in total. The fraction of sp³-hybridized carbons (Fsp3) is 0. The Balaban J connectivity index is 0.884. The number of fused-ring (bicyclic) bond motifs is 6. The number of nitrogens with zero attached hydrogens (tertiary/aromatic N) is 3. The van der Waals surface area contributed by atoms with Crippen molar-refractivity contribution in [3.63, 3.8) is 0 Å². The second kappa shape index (κ2) is 17.9. The predicted octanol–water partition coefficient (Wildman–Crippen LogP) is 19.5. The van der Waals surface area contributed by atoms with Gasteiger partial charge < -0.3 is 14.0 Å². The van der Waals surface area contributed by atoms with Crippen LogP contribution in [0.4, 0.5) is 17.1 Å². The Morgan fingerprint density at radius 1 is 0.239 bits per heavy atom. The van der Waals surface area contributed by atoms with Gasteiger partial charge in [-0.25, -0.2) is 0 Å². The third-order valence-corrected chi connectivity index (χ3v) is 14.9. The average molecular weight is 1040 g/mol. The van der Waals surface area contributed by atoms with Gasteiger partial charge in [-0.05, 0) is 160 Å². The molecule has 0 amide bonds. The first-order valence-electron chi connectivity index (χ1n) is 23.9. The SMILES string of the molecule is Brc1ccc(-c2cc(-c3ccc(Br)cc3)cc(N(c3ccc(-c4ccc(-n5c6ccccc6c6ccccc65)cc4)cc3)c3ccc(-c4ccc(-n5c6ccccc6c6ccccc65)cc4)cc3)c2)cc1. The molecular formula is C66H43Br2N3. The molecule has 0 saturated carbocycles. The van der Waals surface area contributed by atoms with Gasteiger partial charge in [0.15, 0.2) is 0 Å². The fourth-order valence-corrected chi connectivity index (χ4v) is 10.9. The zero-order chi connectivity index (χ0) is 47.4. The van der Waals surface area contributed by atoms with E-state index in [-0.39, 0.29) is 0 Å². The Labute approximate surface area is 429 Å². The molecule has 71 heavy (non-hydrogen) atoms. The van der Waals surface area contributed by atoms with Crippen molar-refractivity contribution in [3.05, 3.63) is 270 Å². The van der Waals surface area contributed by atoms with E-state index in [0.717, 1.165) is 81.9 Å². The van der Waals surface area contributed by atoms with E-state index in [2.05, 4.69) is 307 Å². The first-order chi connectivity index (χ1) is 35.0. The minimum Gasteiger partial charge on any atom is -0.310 e. The summed E-state index contributed by atoms with van der Waals surface area (Å²) in [5, 5.41) is 5.05. The zero-order valence-corrected chi connectivity index (χ0v) is 41.6. The Bertz CT molecular complexity index is 3710. The predicted molar refractivity (Wildman–Crippen MR) is 307 cm³/mol. The topological polar surface area (TPSA) is 13.1 Å². The summed E-state index contributed by atoms with van der Waals surface area (Å²) in [6, 6.07) is 94.7. The summed E-state index contributed by atoms with van der Waals surface area (Å²) < 4.78 is 6.84. The van der Waals surface area contributed by atoms with Crippen molar-refractivity contribution in [3.8, 4) is 55.9 Å². The summed E-state index contributed by atoms with van der Waals surface area (Å²) in [7, 11) is 0. The maximum Gasteiger partial charge on any atom is 0.0541 e. The number of rotatable bonds is 9. The van der Waals surface area contributed by atoms with Crippen molar-refractivity contribution < 1.29 is 0 Å². The van der Waals surface area contributed by atoms with Gasteiger partial charge in [-0.2, -0.15) is 0 Å². The lowest BCUT2D eigenvalue weighted by Gasteiger charge is -2.27. The summed E-state index contributed by atoms with van der Waals surface area (Å²) in [5.41, 5.74) is 19.5. The van der Waals surface area contributed by atoms with E-state index in [9.17, 15) is 0 Å². The van der Waals surface area contributed by atoms with Gasteiger partial charge in [-0.3, -0.25) is 0 Å². The Kier molecular flexibility index (Phi) is 10.8. The molecule has 0 saturated heterocycles. The highest BCUT2D eigenvalue weighted by molar-refractivity contribution is 9.10. The molecule has 0 atom stereocenters. The number of halogens is 2. The maximum atomic E-state index is 3.66. The Morgan fingerprint density at radius 3 is 0.831 bits per heavy atom. The minimum atomic E-state index is 1.05. The van der Waals surface area contributed by atoms with Gasteiger partial charge in [0, 0.05) is 58.9 Å². The number of anilines is 3. The normalized spacial score (nSPS) is 11.5. The van der Waals surface area contributed by atoms with Crippen LogP contribution in [0.1, 0.15) is 0 Å². The second-order valence-corrected chi connectivity index (χ2v) is 19.9. The third-order valence-electron chi connectivity index (χ3n) is 13.9. The molecule has 0 spiro atoms. The van der Waals surface area contributed by atoms with Gasteiger partial charge >= 0.3 is 0 Å². The van der Waals surface area contributed by atoms with Gasteiger partial charge in [0.1, 0.15) is 0 Å². The monoisotopic (exact) mass is 1040 g/mol. The fourth-order valence-electron chi connectivity index (χ4n) is 10.4. The third kappa shape index (κ3) is 7.84. The number of para-hydroxylation sites is 4. The van der Waals surface area contributed by atoms with Crippen molar-refractivity contribution >= 4 is 92.5 Å². The number of aromatic nitrogens is 2. The van der Waals surface area contributed by atoms with Crippen LogP contribution in [0, 0.1) is 0 Å². The maximum absolute atomic E-state index is 3.66. The average Bonchev–Trinajstić information content (AvgIpc) is 3.95. The van der Waals surface area contributed by atoms with Crippen LogP contribution in [0.5, 0.6) is 0 Å². The summed E-state index contributed by atoms with van der Waals surface area (Å²) in [5.74, 6) is 0. The molecule has 5 heteroatoms. The molecule has 0 fully saturated rings. The first kappa shape index (κ1) is 42.8. The summed E-state index contributed by atoms with van der Waals surface area (Å²) >= 11 is 7.33. The van der Waals surface area contributed by atoms with E-state index in [1.807, 2.05) is 0 Å². The molecule has 0 bridgehead atoms. The van der Waals surface area contributed by atoms with Crippen LogP contribution in [-0.4, -0.2) is 9.13 Å². The molecule has 13 aromatic rings. The van der Waals surface area contributed by atoms with Gasteiger partial charge in [-0.1, -0.05) is 177 Å². The highest BCUT2D eigenvalue weighted by Gasteiger charge is 2.18. The molecular weight excluding hydrogens is 995 g/mol. The molecule has 2 aromatic heterocycles. The van der Waals surface area contributed by atoms with Crippen molar-refractivity contribution in [2.45, 2.75) is 0 Å². The highest BCUT2D eigenvalue weighted by atomic mass is 79.9.